The van der Waals surface area contributed by atoms with Crippen molar-refractivity contribution in [3.63, 3.8) is 0 Å². The largest absolute Gasteiger partial charge is 0.508 e. The van der Waals surface area contributed by atoms with E-state index in [4.69, 9.17) is 51.1 Å². The third-order valence-electron chi connectivity index (χ3n) is 15.7. The number of phenols is 2. The molecule has 3 fully saturated rings. The standard InChI is InChI=1S/C23H36N2O2.C18H14Cl4N2O.C18H20O2/c1-21(2,3)25-20(27)17-8-7-15-14-6-9-18-23(5,13-11-19(26)24-18)16(14)10-12-22(15,17)4;19-13-2-1-12(16(21)7-13)10-25-18(9-24-6-5-23-11-24)15-4-3-14(20)8-17(15)22;1-3-17(13-5-9-15(19)10-6-13)18(4-2)14-7-11-16(20)12-8-14/h11,13-18H,6-10,12H2,1-5H3,(H,24,26)(H,25,27);1-8,11,18H,9-10H2;5-12,19-20H,3-4H2,1-2H3/b;;18-17+/t14-,15-,16-,17+,18+,22-,23+;;/m0../s1. The normalized spacial score (nSPS) is 24.9. The monoisotopic (exact) mass is 1050 g/mol. The number of phenolic OH excluding ortho intramolecular Hbond substituents is 2. The first-order valence-corrected chi connectivity index (χ1v) is 26.8. The third-order valence-corrected chi connectivity index (χ3v) is 16.9. The van der Waals surface area contributed by atoms with Crippen LogP contribution >= 0.6 is 46.4 Å². The van der Waals surface area contributed by atoms with Crippen molar-refractivity contribution in [2.24, 2.45) is 34.5 Å². The van der Waals surface area contributed by atoms with Gasteiger partial charge in [0.05, 0.1) is 19.5 Å². The van der Waals surface area contributed by atoms with E-state index >= 15 is 0 Å². The van der Waals surface area contributed by atoms with Gasteiger partial charge < -0.3 is 30.2 Å². The van der Waals surface area contributed by atoms with Crippen molar-refractivity contribution in [1.29, 1.82) is 0 Å². The Kier molecular flexibility index (Phi) is 18.0. The van der Waals surface area contributed by atoms with Gasteiger partial charge in [0, 0.05) is 61.0 Å². The minimum Gasteiger partial charge on any atom is -0.508 e. The van der Waals surface area contributed by atoms with Gasteiger partial charge in [0.25, 0.3) is 0 Å². The Labute approximate surface area is 446 Å². The summed E-state index contributed by atoms with van der Waals surface area (Å²) in [4.78, 5) is 28.9. The van der Waals surface area contributed by atoms with E-state index in [1.807, 2.05) is 47.2 Å². The summed E-state index contributed by atoms with van der Waals surface area (Å²) in [6, 6.07) is 25.6. The smallest absolute Gasteiger partial charge is 0.243 e. The van der Waals surface area contributed by atoms with Gasteiger partial charge in [-0.15, -0.1) is 0 Å². The zero-order valence-corrected chi connectivity index (χ0v) is 45.6. The molecule has 2 heterocycles. The summed E-state index contributed by atoms with van der Waals surface area (Å²) >= 11 is 24.5. The molecule has 0 saturated heterocycles. The molecular formula is C59H70Cl4N4O5. The summed E-state index contributed by atoms with van der Waals surface area (Å²) in [7, 11) is 0. The van der Waals surface area contributed by atoms with E-state index in [0.717, 1.165) is 54.4 Å². The third kappa shape index (κ3) is 12.9. The summed E-state index contributed by atoms with van der Waals surface area (Å²) in [5, 5.41) is 27.6. The maximum absolute atomic E-state index is 13.0. The van der Waals surface area contributed by atoms with Gasteiger partial charge in [0.2, 0.25) is 11.8 Å². The topological polar surface area (TPSA) is 126 Å². The summed E-state index contributed by atoms with van der Waals surface area (Å²) < 4.78 is 8.05. The van der Waals surface area contributed by atoms with Crippen LogP contribution < -0.4 is 10.6 Å². The molecule has 1 aliphatic heterocycles. The first-order chi connectivity index (χ1) is 34.2. The number of aromatic nitrogens is 2. The molecule has 9 rings (SSSR count). The van der Waals surface area contributed by atoms with Gasteiger partial charge in [-0.3, -0.25) is 9.59 Å². The fourth-order valence-corrected chi connectivity index (χ4v) is 13.1. The summed E-state index contributed by atoms with van der Waals surface area (Å²) in [5.74, 6) is 2.98. The van der Waals surface area contributed by atoms with E-state index in [1.54, 1.807) is 67.1 Å². The average Bonchev–Trinajstić information content (AvgIpc) is 3.99. The number of rotatable bonds is 11. The van der Waals surface area contributed by atoms with E-state index in [0.29, 0.717) is 51.0 Å². The number of aromatic hydroxyl groups is 2. The van der Waals surface area contributed by atoms with E-state index in [9.17, 15) is 19.8 Å². The zero-order valence-electron chi connectivity index (χ0n) is 42.5. The van der Waals surface area contributed by atoms with Crippen LogP contribution in [0, 0.1) is 34.5 Å². The first kappa shape index (κ1) is 55.0. The number of ether oxygens (including phenoxy) is 1. The van der Waals surface area contributed by atoms with Gasteiger partial charge in [0.15, 0.2) is 0 Å². The Morgan fingerprint density at radius 2 is 1.43 bits per heavy atom. The zero-order chi connectivity index (χ0) is 52.0. The summed E-state index contributed by atoms with van der Waals surface area (Å²) in [6.07, 6.45) is 17.6. The van der Waals surface area contributed by atoms with Gasteiger partial charge in [-0.1, -0.05) is 117 Å². The second kappa shape index (κ2) is 23.6. The van der Waals surface area contributed by atoms with Crippen molar-refractivity contribution in [2.45, 2.75) is 131 Å². The molecule has 8 atom stereocenters. The first-order valence-electron chi connectivity index (χ1n) is 25.3. The maximum atomic E-state index is 13.0. The maximum Gasteiger partial charge on any atom is 0.243 e. The number of carbonyl (C=O) groups excluding carboxylic acids is 2. The second-order valence-corrected chi connectivity index (χ2v) is 23.0. The molecule has 3 aliphatic carbocycles. The molecule has 1 aromatic heterocycles. The Morgan fingerprint density at radius 1 is 0.819 bits per heavy atom. The molecule has 72 heavy (non-hydrogen) atoms. The predicted octanol–water partition coefficient (Wildman–Crippen LogP) is 15.1. The molecule has 13 heteroatoms. The molecular weight excluding hydrogens is 986 g/mol. The average molecular weight is 1060 g/mol. The van der Waals surface area contributed by atoms with Crippen molar-refractivity contribution in [1.82, 2.24) is 20.2 Å². The molecule has 4 N–H and O–H groups in total. The number of benzene rings is 4. The Morgan fingerprint density at radius 3 is 1.99 bits per heavy atom. The van der Waals surface area contributed by atoms with Crippen LogP contribution in [-0.2, 0) is 27.5 Å². The van der Waals surface area contributed by atoms with Gasteiger partial charge in [0.1, 0.15) is 17.6 Å². The van der Waals surface area contributed by atoms with Crippen molar-refractivity contribution < 1.29 is 24.5 Å². The Hall–Kier alpha value is -4.77. The van der Waals surface area contributed by atoms with Crippen LogP contribution in [0.3, 0.4) is 0 Å². The number of carbonyl (C=O) groups is 2. The summed E-state index contributed by atoms with van der Waals surface area (Å²) in [6.45, 7) is 16.1. The van der Waals surface area contributed by atoms with Crippen LogP contribution in [0.5, 0.6) is 11.5 Å². The van der Waals surface area contributed by atoms with Crippen LogP contribution in [0.4, 0.5) is 0 Å². The molecule has 9 nitrogen and oxygen atoms in total. The van der Waals surface area contributed by atoms with Crippen molar-refractivity contribution in [2.75, 3.05) is 0 Å². The number of allylic oxidation sites excluding steroid dienone is 2. The number of nitrogens with zero attached hydrogens (tertiary/aromatic N) is 2. The molecule has 3 saturated carbocycles. The van der Waals surface area contributed by atoms with Crippen molar-refractivity contribution in [3.05, 3.63) is 158 Å². The van der Waals surface area contributed by atoms with Gasteiger partial charge in [-0.2, -0.15) is 0 Å². The fourth-order valence-electron chi connectivity index (χ4n) is 12.1. The van der Waals surface area contributed by atoms with Crippen LogP contribution in [0.25, 0.3) is 11.1 Å². The van der Waals surface area contributed by atoms with E-state index in [1.165, 1.54) is 30.4 Å². The van der Waals surface area contributed by atoms with Crippen LogP contribution in [0.2, 0.25) is 20.1 Å². The molecule has 384 valence electrons. The van der Waals surface area contributed by atoms with Crippen LogP contribution in [0.1, 0.15) is 128 Å². The van der Waals surface area contributed by atoms with Gasteiger partial charge in [-0.25, -0.2) is 4.98 Å². The van der Waals surface area contributed by atoms with E-state index in [2.05, 4.69) is 70.2 Å². The number of nitrogens with one attached hydrogen (secondary N) is 2. The number of hydrogen-bond donors (Lipinski definition) is 4. The number of halogens is 4. The molecule has 0 radical (unpaired) electrons. The lowest BCUT2D eigenvalue weighted by atomic mass is 9.48. The Balaban J connectivity index is 0.000000160. The number of fused-ring (bicyclic) bond motifs is 5. The minimum atomic E-state index is -0.286. The lowest BCUT2D eigenvalue weighted by molar-refractivity contribution is -0.135. The lowest BCUT2D eigenvalue weighted by Crippen LogP contribution is -2.59. The second-order valence-electron chi connectivity index (χ2n) is 21.3. The van der Waals surface area contributed by atoms with Crippen LogP contribution in [-0.4, -0.2) is 43.2 Å². The van der Waals surface area contributed by atoms with Crippen LogP contribution in [0.15, 0.2) is 116 Å². The highest BCUT2D eigenvalue weighted by atomic mass is 35.5. The molecule has 0 spiro atoms. The number of amides is 2. The highest BCUT2D eigenvalue weighted by Gasteiger charge is 2.61. The number of imidazole rings is 1. The molecule has 5 aromatic rings. The quantitative estimate of drug-likeness (QED) is 0.0977. The highest BCUT2D eigenvalue weighted by molar-refractivity contribution is 6.35. The summed E-state index contributed by atoms with van der Waals surface area (Å²) in [5.41, 5.74) is 6.56. The molecule has 0 bridgehead atoms. The predicted molar refractivity (Wildman–Crippen MR) is 293 cm³/mol. The molecule has 1 unspecified atom stereocenters. The van der Waals surface area contributed by atoms with Crippen molar-refractivity contribution >= 4 is 69.4 Å². The van der Waals surface area contributed by atoms with E-state index in [-0.39, 0.29) is 57.7 Å². The minimum absolute atomic E-state index is 0.0661. The lowest BCUT2D eigenvalue weighted by Gasteiger charge is -2.58. The molecule has 2 amide bonds. The highest BCUT2D eigenvalue weighted by Crippen LogP contribution is 2.65. The SMILES string of the molecule is CC(C)(C)NC(=O)[C@H]1CC[C@H]2[C@@H]3CC[C@H]4NC(=O)C=C[C@]4(C)[C@H]3CC[C@]12C.CC/C(=C(/CC)c1ccc(O)cc1)c1ccc(O)cc1.Clc1ccc(COC(Cn2ccnc2)c2ccc(Cl)cc2Cl)c(Cl)c1. The molecule has 4 aliphatic rings. The molecule has 4 aromatic carbocycles. The number of hydrogen-bond acceptors (Lipinski definition) is 6. The Bertz CT molecular complexity index is 2660. The van der Waals surface area contributed by atoms with Crippen molar-refractivity contribution in [3.8, 4) is 11.5 Å². The van der Waals surface area contributed by atoms with Gasteiger partial charge in [-0.05, 0) is 178 Å². The fraction of sp³-hybridized carbons (Fsp3) is 0.441. The van der Waals surface area contributed by atoms with Gasteiger partial charge >= 0.3 is 0 Å². The van der Waals surface area contributed by atoms with E-state index < -0.39 is 0 Å².